The molecule has 2 aromatic rings. The van der Waals surface area contributed by atoms with E-state index in [1.54, 1.807) is 30.3 Å². The van der Waals surface area contributed by atoms with Crippen LogP contribution in [-0.4, -0.2) is 36.0 Å². The number of carbonyl (C=O) groups is 2. The van der Waals surface area contributed by atoms with E-state index in [9.17, 15) is 14.7 Å². The molecule has 1 amide bonds. The van der Waals surface area contributed by atoms with Crippen molar-refractivity contribution in [3.8, 4) is 5.75 Å². The molecule has 0 bridgehead atoms. The molecule has 8 nitrogen and oxygen atoms in total. The van der Waals surface area contributed by atoms with Crippen LogP contribution in [0.2, 0.25) is 0 Å². The van der Waals surface area contributed by atoms with E-state index in [0.29, 0.717) is 29.1 Å². The highest BCUT2D eigenvalue weighted by Crippen LogP contribution is 2.30. The molecule has 154 valence electrons. The van der Waals surface area contributed by atoms with Crippen molar-refractivity contribution in [1.29, 1.82) is 5.41 Å². The van der Waals surface area contributed by atoms with E-state index in [1.807, 2.05) is 19.1 Å². The average molecular weight is 398 g/mol. The first-order chi connectivity index (χ1) is 13.8. The summed E-state index contributed by atoms with van der Waals surface area (Å²) in [4.78, 5) is 23.0. The van der Waals surface area contributed by atoms with Crippen LogP contribution in [0.25, 0.3) is 0 Å². The number of hydrogen-bond acceptors (Lipinski definition) is 5. The number of benzene rings is 2. The Morgan fingerprint density at radius 1 is 1.21 bits per heavy atom. The SMILES string of the molecule is CCc1ccc(OCCNC(C)=O)c(C(Nc2ccc(C(=N)N)cc2)C(=O)O)c1. The van der Waals surface area contributed by atoms with E-state index < -0.39 is 12.0 Å². The van der Waals surface area contributed by atoms with Crippen LogP contribution < -0.4 is 21.1 Å². The number of rotatable bonds is 10. The highest BCUT2D eigenvalue weighted by atomic mass is 16.5. The van der Waals surface area contributed by atoms with E-state index in [4.69, 9.17) is 15.9 Å². The number of amides is 1. The highest BCUT2D eigenvalue weighted by molar-refractivity contribution is 5.95. The van der Waals surface area contributed by atoms with E-state index in [1.165, 1.54) is 6.92 Å². The monoisotopic (exact) mass is 398 g/mol. The molecular weight excluding hydrogens is 372 g/mol. The summed E-state index contributed by atoms with van der Waals surface area (Å²) in [5.41, 5.74) is 8.07. The van der Waals surface area contributed by atoms with E-state index in [-0.39, 0.29) is 18.3 Å². The molecule has 2 aromatic carbocycles. The van der Waals surface area contributed by atoms with E-state index in [2.05, 4.69) is 10.6 Å². The summed E-state index contributed by atoms with van der Waals surface area (Å²) in [6, 6.07) is 11.1. The van der Waals surface area contributed by atoms with Gasteiger partial charge in [0, 0.05) is 23.7 Å². The van der Waals surface area contributed by atoms with E-state index >= 15 is 0 Å². The Labute approximate surface area is 169 Å². The second kappa shape index (κ2) is 10.1. The summed E-state index contributed by atoms with van der Waals surface area (Å²) in [5, 5.41) is 22.9. The number of nitrogens with one attached hydrogen (secondary N) is 3. The van der Waals surface area contributed by atoms with Crippen molar-refractivity contribution < 1.29 is 19.4 Å². The van der Waals surface area contributed by atoms with Gasteiger partial charge in [-0.2, -0.15) is 0 Å². The Bertz CT molecular complexity index is 881. The third-order valence-corrected chi connectivity index (χ3v) is 4.28. The Balaban J connectivity index is 2.28. The maximum atomic E-state index is 12.0. The number of carbonyl (C=O) groups excluding carboxylic acids is 1. The van der Waals surface area contributed by atoms with Gasteiger partial charge in [-0.05, 0) is 48.4 Å². The van der Waals surface area contributed by atoms with Gasteiger partial charge in [0.1, 0.15) is 18.2 Å². The zero-order valence-corrected chi connectivity index (χ0v) is 16.5. The maximum Gasteiger partial charge on any atom is 0.330 e. The van der Waals surface area contributed by atoms with Gasteiger partial charge >= 0.3 is 5.97 Å². The van der Waals surface area contributed by atoms with Gasteiger partial charge in [-0.15, -0.1) is 0 Å². The normalized spacial score (nSPS) is 11.4. The molecular formula is C21H26N4O4. The van der Waals surface area contributed by atoms with Gasteiger partial charge in [0.2, 0.25) is 5.91 Å². The Kier molecular flexibility index (Phi) is 7.59. The average Bonchev–Trinajstić information content (AvgIpc) is 2.69. The molecule has 0 radical (unpaired) electrons. The minimum Gasteiger partial charge on any atom is -0.491 e. The molecule has 0 aromatic heterocycles. The number of amidine groups is 1. The molecule has 1 unspecified atom stereocenters. The summed E-state index contributed by atoms with van der Waals surface area (Å²) in [7, 11) is 0. The van der Waals surface area contributed by atoms with Crippen LogP contribution >= 0.6 is 0 Å². The number of aryl methyl sites for hydroxylation is 1. The fraction of sp³-hybridized carbons (Fsp3) is 0.286. The van der Waals surface area contributed by atoms with Gasteiger partial charge in [-0.3, -0.25) is 10.2 Å². The summed E-state index contributed by atoms with van der Waals surface area (Å²) < 4.78 is 5.74. The maximum absolute atomic E-state index is 12.0. The fourth-order valence-electron chi connectivity index (χ4n) is 2.75. The molecule has 0 saturated heterocycles. The van der Waals surface area contributed by atoms with Crippen molar-refractivity contribution in [2.45, 2.75) is 26.3 Å². The lowest BCUT2D eigenvalue weighted by Crippen LogP contribution is -2.26. The standard InChI is InChI=1S/C21H26N4O4/c1-3-14-4-9-18(29-11-10-24-13(2)26)17(12-14)19(21(27)28)25-16-7-5-15(6-8-16)20(22)23/h4-9,12,19,25H,3,10-11H2,1-2H3,(H3,22,23)(H,24,26)(H,27,28). The molecule has 0 aliphatic heterocycles. The largest absolute Gasteiger partial charge is 0.491 e. The molecule has 0 heterocycles. The van der Waals surface area contributed by atoms with Crippen molar-refractivity contribution in [3.05, 3.63) is 59.2 Å². The van der Waals surface area contributed by atoms with Gasteiger partial charge in [0.15, 0.2) is 6.04 Å². The van der Waals surface area contributed by atoms with Crippen LogP contribution in [-0.2, 0) is 16.0 Å². The third kappa shape index (κ3) is 6.24. The first-order valence-corrected chi connectivity index (χ1v) is 9.25. The first kappa shape index (κ1) is 21.7. The van der Waals surface area contributed by atoms with Crippen LogP contribution in [0.4, 0.5) is 5.69 Å². The molecule has 6 N–H and O–H groups in total. The van der Waals surface area contributed by atoms with Gasteiger partial charge in [-0.25, -0.2) is 4.79 Å². The smallest absolute Gasteiger partial charge is 0.330 e. The van der Waals surface area contributed by atoms with Crippen LogP contribution in [0.3, 0.4) is 0 Å². The lowest BCUT2D eigenvalue weighted by atomic mass is 10.0. The molecule has 0 fully saturated rings. The Morgan fingerprint density at radius 2 is 1.90 bits per heavy atom. The third-order valence-electron chi connectivity index (χ3n) is 4.28. The number of nitrogens with two attached hydrogens (primary N) is 1. The van der Waals surface area contributed by atoms with Crippen LogP contribution in [0.1, 0.15) is 36.6 Å². The lowest BCUT2D eigenvalue weighted by molar-refractivity contribution is -0.138. The number of ether oxygens (including phenoxy) is 1. The minimum absolute atomic E-state index is 0.0585. The second-order valence-electron chi connectivity index (χ2n) is 6.46. The van der Waals surface area contributed by atoms with Gasteiger partial charge in [-0.1, -0.05) is 13.0 Å². The van der Waals surface area contributed by atoms with E-state index in [0.717, 1.165) is 12.0 Å². The topological polar surface area (TPSA) is 138 Å². The van der Waals surface area contributed by atoms with Crippen LogP contribution in [0.5, 0.6) is 5.75 Å². The molecule has 0 saturated carbocycles. The molecule has 1 atom stereocenters. The van der Waals surface area contributed by atoms with Gasteiger partial charge < -0.3 is 26.2 Å². The number of carboxylic acids is 1. The molecule has 8 heteroatoms. The minimum atomic E-state index is -1.05. The van der Waals surface area contributed by atoms with Crippen molar-refractivity contribution in [2.75, 3.05) is 18.5 Å². The van der Waals surface area contributed by atoms with Crippen molar-refractivity contribution in [2.24, 2.45) is 5.73 Å². The predicted octanol–water partition coefficient (Wildman–Crippen LogP) is 2.29. The molecule has 0 aliphatic carbocycles. The van der Waals surface area contributed by atoms with Gasteiger partial charge in [0.05, 0.1) is 6.54 Å². The first-order valence-electron chi connectivity index (χ1n) is 9.25. The Morgan fingerprint density at radius 3 is 2.45 bits per heavy atom. The van der Waals surface area contributed by atoms with Gasteiger partial charge in [0.25, 0.3) is 0 Å². The number of aliphatic carboxylic acids is 1. The highest BCUT2D eigenvalue weighted by Gasteiger charge is 2.24. The zero-order chi connectivity index (χ0) is 21.4. The lowest BCUT2D eigenvalue weighted by Gasteiger charge is -2.21. The van der Waals surface area contributed by atoms with Crippen molar-refractivity contribution >= 4 is 23.4 Å². The number of carboxylic acid groups (broad SMARTS) is 1. The quantitative estimate of drug-likeness (QED) is 0.236. The molecule has 2 rings (SSSR count). The summed E-state index contributed by atoms with van der Waals surface area (Å²) in [5.74, 6) is -0.834. The number of nitrogen functional groups attached to an aromatic ring is 1. The zero-order valence-electron chi connectivity index (χ0n) is 16.5. The summed E-state index contributed by atoms with van der Waals surface area (Å²) in [6.45, 7) is 3.95. The molecule has 0 spiro atoms. The number of anilines is 1. The molecule has 29 heavy (non-hydrogen) atoms. The summed E-state index contributed by atoms with van der Waals surface area (Å²) >= 11 is 0. The van der Waals surface area contributed by atoms with Crippen LogP contribution in [0.15, 0.2) is 42.5 Å². The van der Waals surface area contributed by atoms with Crippen LogP contribution in [0, 0.1) is 5.41 Å². The summed E-state index contributed by atoms with van der Waals surface area (Å²) in [6.07, 6.45) is 0.749. The van der Waals surface area contributed by atoms with Crippen molar-refractivity contribution in [3.63, 3.8) is 0 Å². The fourth-order valence-corrected chi connectivity index (χ4v) is 2.75. The Hall–Kier alpha value is -3.55. The molecule has 0 aliphatic rings. The number of hydrogen-bond donors (Lipinski definition) is 5. The predicted molar refractivity (Wildman–Crippen MR) is 111 cm³/mol. The van der Waals surface area contributed by atoms with Crippen molar-refractivity contribution in [1.82, 2.24) is 5.32 Å². The second-order valence-corrected chi connectivity index (χ2v) is 6.46.